The van der Waals surface area contributed by atoms with Gasteiger partial charge in [0.25, 0.3) is 25.6 Å². The number of nitrogens with one attached hydrogen (secondary N) is 1. The smallest absolute Gasteiger partial charge is 0.277 e. The topological polar surface area (TPSA) is 196 Å². The van der Waals surface area contributed by atoms with Crippen molar-refractivity contribution >= 4 is 37.6 Å². The van der Waals surface area contributed by atoms with Gasteiger partial charge in [-0.1, -0.05) is 35.4 Å². The number of rotatable bonds is 11. The van der Waals surface area contributed by atoms with Gasteiger partial charge in [0.05, 0.1) is 16.3 Å². The van der Waals surface area contributed by atoms with Crippen molar-refractivity contribution in [2.75, 3.05) is 16.9 Å². The van der Waals surface area contributed by atoms with E-state index in [1.54, 1.807) is 13.8 Å². The number of pyridine rings is 1. The molecule has 1 heterocycles. The zero-order valence-electron chi connectivity index (χ0n) is 22.1. The van der Waals surface area contributed by atoms with E-state index in [2.05, 4.69) is 10.5 Å². The Morgan fingerprint density at radius 2 is 1.38 bits per heavy atom. The molecule has 3 rings (SSSR count). The first-order chi connectivity index (χ1) is 18.7. The monoisotopic (exact) mass is 590 g/mol. The molecule has 0 saturated carbocycles. The highest BCUT2D eigenvalue weighted by Gasteiger charge is 2.39. The van der Waals surface area contributed by atoms with E-state index in [0.29, 0.717) is 5.69 Å². The molecular formula is C25H30N6O7S2. The van der Waals surface area contributed by atoms with Crippen LogP contribution in [0.1, 0.15) is 16.8 Å². The second-order valence-corrected chi connectivity index (χ2v) is 12.6. The number of aromatic nitrogens is 1. The van der Waals surface area contributed by atoms with Gasteiger partial charge in [-0.15, -0.1) is 0 Å². The predicted octanol–water partition coefficient (Wildman–Crippen LogP) is 0.679. The second kappa shape index (κ2) is 12.2. The summed E-state index contributed by atoms with van der Waals surface area (Å²) in [7, 11) is -9.63. The Bertz CT molecular complexity index is 1600. The summed E-state index contributed by atoms with van der Waals surface area (Å²) in [6.07, 6.45) is 0. The standard InChI is InChI=1S/C25H30N6O7S2/c1-17-4-9-20(10-5-17)39(34,35)31(40(36,37)21-11-6-18(2)7-12-21)22-13-8-19(3)30(24(22)33)16-23(32)28-14-15-38-29-25(26)27/h4-13H,14-16H2,1-3H3,(H,28,32)(H4,26,27,29). The number of guanidine groups is 1. The third kappa shape index (κ3) is 6.79. The molecular weight excluding hydrogens is 560 g/mol. The van der Waals surface area contributed by atoms with Crippen LogP contribution in [0.4, 0.5) is 5.69 Å². The molecule has 0 aliphatic heterocycles. The van der Waals surface area contributed by atoms with Gasteiger partial charge in [0.1, 0.15) is 18.8 Å². The van der Waals surface area contributed by atoms with Gasteiger partial charge < -0.3 is 26.2 Å². The fraction of sp³-hybridized carbons (Fsp3) is 0.240. The molecule has 0 aliphatic carbocycles. The summed E-state index contributed by atoms with van der Waals surface area (Å²) in [6, 6.07) is 13.5. The van der Waals surface area contributed by atoms with Crippen LogP contribution in [0.2, 0.25) is 0 Å². The van der Waals surface area contributed by atoms with Crippen LogP contribution in [0.15, 0.2) is 80.4 Å². The summed E-state index contributed by atoms with van der Waals surface area (Å²) in [5, 5.41) is 5.82. The molecule has 5 N–H and O–H groups in total. The minimum Gasteiger partial charge on any atom is -0.391 e. The summed E-state index contributed by atoms with van der Waals surface area (Å²) in [6.45, 7) is 4.42. The van der Waals surface area contributed by atoms with Crippen molar-refractivity contribution in [1.82, 2.24) is 9.88 Å². The molecule has 40 heavy (non-hydrogen) atoms. The fourth-order valence-corrected chi connectivity index (χ4v) is 7.24. The summed E-state index contributed by atoms with van der Waals surface area (Å²) < 4.78 is 56.4. The average Bonchev–Trinajstić information content (AvgIpc) is 2.88. The lowest BCUT2D eigenvalue weighted by Gasteiger charge is -2.24. The van der Waals surface area contributed by atoms with Crippen molar-refractivity contribution in [3.63, 3.8) is 0 Å². The molecule has 0 unspecified atom stereocenters. The number of hydrogen-bond donors (Lipinski definition) is 3. The number of benzene rings is 2. The van der Waals surface area contributed by atoms with E-state index >= 15 is 0 Å². The summed E-state index contributed by atoms with van der Waals surface area (Å²) in [4.78, 5) is 30.3. The number of carbonyl (C=O) groups is 1. The van der Waals surface area contributed by atoms with Crippen LogP contribution in [-0.4, -0.2) is 46.4 Å². The number of anilines is 1. The minimum atomic E-state index is -4.81. The third-order valence-electron chi connectivity index (χ3n) is 5.63. The van der Waals surface area contributed by atoms with Crippen molar-refractivity contribution in [1.29, 1.82) is 0 Å². The first-order valence-corrected chi connectivity index (χ1v) is 14.7. The van der Waals surface area contributed by atoms with Gasteiger partial charge in [0.15, 0.2) is 0 Å². The van der Waals surface area contributed by atoms with E-state index in [-0.39, 0.29) is 32.6 Å². The second-order valence-electron chi connectivity index (χ2n) is 8.78. The first kappa shape index (κ1) is 30.2. The maximum Gasteiger partial charge on any atom is 0.277 e. The molecule has 0 fully saturated rings. The summed E-state index contributed by atoms with van der Waals surface area (Å²) in [5.74, 6) is -0.916. The summed E-state index contributed by atoms with van der Waals surface area (Å²) >= 11 is 0. The Labute approximate surface area is 232 Å². The lowest BCUT2D eigenvalue weighted by atomic mass is 10.2. The molecule has 0 saturated heterocycles. The van der Waals surface area contributed by atoms with Crippen molar-refractivity contribution in [3.05, 3.63) is 87.8 Å². The Morgan fingerprint density at radius 3 is 1.85 bits per heavy atom. The molecule has 3 aromatic rings. The highest BCUT2D eigenvalue weighted by Crippen LogP contribution is 2.29. The number of amides is 1. The Hall–Kier alpha value is -4.37. The summed E-state index contributed by atoms with van der Waals surface area (Å²) in [5.41, 5.74) is 10.4. The number of sulfonamides is 2. The van der Waals surface area contributed by atoms with Crippen LogP contribution in [-0.2, 0) is 36.2 Å². The molecule has 0 aliphatic rings. The van der Waals surface area contributed by atoms with Gasteiger partial charge in [-0.25, -0.2) is 16.8 Å². The van der Waals surface area contributed by atoms with Crippen molar-refractivity contribution in [2.24, 2.45) is 16.6 Å². The molecule has 13 nitrogen and oxygen atoms in total. The number of carbonyl (C=O) groups excluding carboxylic acids is 1. The van der Waals surface area contributed by atoms with E-state index in [0.717, 1.165) is 21.8 Å². The zero-order chi connectivity index (χ0) is 29.7. The number of hydrogen-bond acceptors (Lipinski definition) is 8. The number of oxime groups is 1. The Morgan fingerprint density at radius 1 is 0.875 bits per heavy atom. The van der Waals surface area contributed by atoms with Crippen molar-refractivity contribution < 1.29 is 26.5 Å². The molecule has 0 radical (unpaired) electrons. The largest absolute Gasteiger partial charge is 0.391 e. The third-order valence-corrected chi connectivity index (χ3v) is 9.81. The Kier molecular flexibility index (Phi) is 9.21. The normalized spacial score (nSPS) is 11.5. The van der Waals surface area contributed by atoms with Crippen molar-refractivity contribution in [3.8, 4) is 0 Å². The number of nitrogens with zero attached hydrogens (tertiary/aromatic N) is 3. The molecule has 1 amide bonds. The molecule has 1 aromatic heterocycles. The molecule has 0 atom stereocenters. The van der Waals surface area contributed by atoms with Crippen LogP contribution in [0, 0.1) is 20.8 Å². The lowest BCUT2D eigenvalue weighted by molar-refractivity contribution is -0.122. The van der Waals surface area contributed by atoms with E-state index in [4.69, 9.17) is 16.3 Å². The average molecular weight is 591 g/mol. The van der Waals surface area contributed by atoms with Gasteiger partial charge in [-0.2, -0.15) is 3.71 Å². The van der Waals surface area contributed by atoms with E-state index in [1.807, 2.05) is 0 Å². The van der Waals surface area contributed by atoms with Crippen LogP contribution >= 0.6 is 0 Å². The number of nitrogens with two attached hydrogens (primary N) is 2. The molecule has 2 aromatic carbocycles. The van der Waals surface area contributed by atoms with Crippen LogP contribution in [0.3, 0.4) is 0 Å². The van der Waals surface area contributed by atoms with Crippen molar-refractivity contribution in [2.45, 2.75) is 37.1 Å². The maximum atomic E-state index is 13.8. The van der Waals surface area contributed by atoms with E-state index < -0.39 is 43.7 Å². The molecule has 214 valence electrons. The van der Waals surface area contributed by atoms with Crippen LogP contribution < -0.4 is 26.1 Å². The van der Waals surface area contributed by atoms with E-state index in [1.165, 1.54) is 61.5 Å². The molecule has 15 heteroatoms. The predicted molar refractivity (Wildman–Crippen MR) is 149 cm³/mol. The highest BCUT2D eigenvalue weighted by molar-refractivity contribution is 8.10. The quantitative estimate of drug-likeness (QED) is 0.124. The zero-order valence-corrected chi connectivity index (χ0v) is 23.7. The minimum absolute atomic E-state index is 0.00116. The maximum absolute atomic E-state index is 13.8. The van der Waals surface area contributed by atoms with Gasteiger partial charge in [0.2, 0.25) is 11.9 Å². The van der Waals surface area contributed by atoms with E-state index in [9.17, 15) is 26.4 Å². The SMILES string of the molecule is Cc1ccc(S(=O)(=O)N(c2ccc(C)n(CC(=O)NCCON=C(N)N)c2=O)S(=O)(=O)c2ccc(C)cc2)cc1. The van der Waals surface area contributed by atoms with Crippen LogP contribution in [0.25, 0.3) is 0 Å². The van der Waals surface area contributed by atoms with Gasteiger partial charge >= 0.3 is 0 Å². The van der Waals surface area contributed by atoms with Gasteiger partial charge in [0, 0.05) is 5.69 Å². The molecule has 0 bridgehead atoms. The fourth-order valence-electron chi connectivity index (χ4n) is 3.55. The molecule has 0 spiro atoms. The Balaban J connectivity index is 2.09. The lowest BCUT2D eigenvalue weighted by Crippen LogP contribution is -2.42. The first-order valence-electron chi connectivity index (χ1n) is 11.9. The van der Waals surface area contributed by atoms with Crippen LogP contribution in [0.5, 0.6) is 0 Å². The van der Waals surface area contributed by atoms with Gasteiger partial charge in [-0.3, -0.25) is 9.59 Å². The highest BCUT2D eigenvalue weighted by atomic mass is 32.3. The number of aryl methyl sites for hydroxylation is 3. The van der Waals surface area contributed by atoms with Gasteiger partial charge in [-0.05, 0) is 62.3 Å².